The zero-order valence-corrected chi connectivity index (χ0v) is 32.0. The highest BCUT2D eigenvalue weighted by Gasteiger charge is 2.39. The second-order valence-corrected chi connectivity index (χ2v) is 16.1. The summed E-state index contributed by atoms with van der Waals surface area (Å²) >= 11 is 12.6. The van der Waals surface area contributed by atoms with E-state index in [-0.39, 0.29) is 18.3 Å². The number of hydrogen-bond donors (Lipinski definition) is 1. The molecule has 1 N–H and O–H groups in total. The Morgan fingerprint density at radius 2 is 1.66 bits per heavy atom. The summed E-state index contributed by atoms with van der Waals surface area (Å²) in [6.45, 7) is 15.7. The molecule has 0 aliphatic carbocycles. The molecule has 1 unspecified atom stereocenters. The molecule has 2 heterocycles. The van der Waals surface area contributed by atoms with E-state index < -0.39 is 29.5 Å². The fourth-order valence-electron chi connectivity index (χ4n) is 7.47. The van der Waals surface area contributed by atoms with E-state index in [1.807, 2.05) is 38.1 Å². The van der Waals surface area contributed by atoms with E-state index in [4.69, 9.17) is 32.7 Å². The molecule has 1 amide bonds. The number of halogens is 2. The number of anilines is 2. The highest BCUT2D eigenvalue weighted by Crippen LogP contribution is 2.40. The molecule has 1 saturated heterocycles. The predicted molar refractivity (Wildman–Crippen MR) is 201 cm³/mol. The van der Waals surface area contributed by atoms with E-state index in [1.165, 1.54) is 6.42 Å². The molecule has 2 aromatic rings. The van der Waals surface area contributed by atoms with E-state index in [0.29, 0.717) is 34.5 Å². The lowest BCUT2D eigenvalue weighted by Gasteiger charge is -2.36. The van der Waals surface area contributed by atoms with Crippen LogP contribution in [0.15, 0.2) is 36.4 Å². The van der Waals surface area contributed by atoms with Gasteiger partial charge in [0, 0.05) is 38.7 Å². The third-order valence-electron chi connectivity index (χ3n) is 9.70. The van der Waals surface area contributed by atoms with Gasteiger partial charge in [0.1, 0.15) is 5.75 Å². The second-order valence-electron chi connectivity index (χ2n) is 15.3. The van der Waals surface area contributed by atoms with Gasteiger partial charge in [-0.15, -0.1) is 0 Å². The quantitative estimate of drug-likeness (QED) is 0.120. The molecule has 9 nitrogen and oxygen atoms in total. The van der Waals surface area contributed by atoms with Crippen molar-refractivity contribution < 1.29 is 29.0 Å². The number of carbonyl (C=O) groups is 3. The van der Waals surface area contributed by atoms with Gasteiger partial charge in [-0.05, 0) is 73.2 Å². The molecule has 2 aliphatic heterocycles. The van der Waals surface area contributed by atoms with Crippen LogP contribution in [0.1, 0.15) is 98.0 Å². The Morgan fingerprint density at radius 3 is 2.36 bits per heavy atom. The number of benzene rings is 2. The number of nitrogens with zero attached hydrogens (tertiary/aromatic N) is 3. The van der Waals surface area contributed by atoms with Crippen molar-refractivity contribution in [3.8, 4) is 5.75 Å². The average Bonchev–Trinajstić information content (AvgIpc) is 3.04. The normalized spacial score (nSPS) is 16.3. The number of ether oxygens (including phenoxy) is 2. The summed E-state index contributed by atoms with van der Waals surface area (Å²) < 4.78 is 11.7. The third-order valence-corrected chi connectivity index (χ3v) is 10.5. The highest BCUT2D eigenvalue weighted by atomic mass is 35.5. The Bertz CT molecular complexity index is 1470. The number of carboxylic acids is 1. The number of aryl methyl sites for hydroxylation is 1. The van der Waals surface area contributed by atoms with Gasteiger partial charge >= 0.3 is 11.9 Å². The summed E-state index contributed by atoms with van der Waals surface area (Å²) in [5.74, 6) is -1.88. The standard InChI is InChI=1S/C39H55Cl2N3O6/c1-6-7-8-18-38(2,3)27-39(4,5)26-34(46)50-36(37(47)48)44-32-25-29(16-14-28(32)15-17-33(44)45)49-24-10-9-19-42-20-22-43(23-21-42)31-13-11-12-30(40)35(31)41/h11-14,16,25,36H,6-10,15,17-24,26-27H2,1-5H3,(H,47,48). The Hall–Kier alpha value is -3.01. The summed E-state index contributed by atoms with van der Waals surface area (Å²) in [4.78, 5) is 44.7. The van der Waals surface area contributed by atoms with E-state index in [1.54, 1.807) is 12.1 Å². The first kappa shape index (κ1) is 39.8. The van der Waals surface area contributed by atoms with Gasteiger partial charge in [-0.3, -0.25) is 19.4 Å². The van der Waals surface area contributed by atoms with Crippen LogP contribution in [-0.2, 0) is 25.5 Å². The van der Waals surface area contributed by atoms with Crippen molar-refractivity contribution in [3.05, 3.63) is 52.0 Å². The first-order valence-corrected chi connectivity index (χ1v) is 18.9. The first-order valence-electron chi connectivity index (χ1n) is 18.1. The largest absolute Gasteiger partial charge is 0.494 e. The van der Waals surface area contributed by atoms with Crippen LogP contribution in [0.3, 0.4) is 0 Å². The average molecular weight is 733 g/mol. The molecule has 11 heteroatoms. The molecule has 1 atom stereocenters. The van der Waals surface area contributed by atoms with Gasteiger partial charge in [-0.2, -0.15) is 0 Å². The second kappa shape index (κ2) is 18.0. The Kier molecular flexibility index (Phi) is 14.3. The minimum absolute atomic E-state index is 0.0340. The van der Waals surface area contributed by atoms with E-state index in [2.05, 4.69) is 30.6 Å². The molecular formula is C39H55Cl2N3O6. The molecule has 2 aromatic carbocycles. The molecule has 0 bridgehead atoms. The molecule has 4 rings (SSSR count). The van der Waals surface area contributed by atoms with Gasteiger partial charge < -0.3 is 19.5 Å². The van der Waals surface area contributed by atoms with Gasteiger partial charge in [-0.25, -0.2) is 4.79 Å². The topological polar surface area (TPSA) is 99.6 Å². The summed E-state index contributed by atoms with van der Waals surface area (Å²) in [5, 5.41) is 11.3. The van der Waals surface area contributed by atoms with Crippen molar-refractivity contribution >= 4 is 52.4 Å². The SMILES string of the molecule is CCCCCC(C)(C)CC(C)(C)CC(=O)OC(C(=O)O)N1C(=O)CCc2ccc(OCCCCN3CCN(c4cccc(Cl)c4Cl)CC3)cc21. The Balaban J connectivity index is 1.29. The number of fused-ring (bicyclic) bond motifs is 1. The van der Waals surface area contributed by atoms with Crippen molar-refractivity contribution in [2.75, 3.05) is 49.1 Å². The summed E-state index contributed by atoms with van der Waals surface area (Å²) in [6, 6.07) is 11.1. The minimum Gasteiger partial charge on any atom is -0.494 e. The maximum Gasteiger partial charge on any atom is 0.367 e. The number of rotatable bonds is 18. The van der Waals surface area contributed by atoms with Crippen LogP contribution in [-0.4, -0.2) is 73.4 Å². The molecule has 276 valence electrons. The van der Waals surface area contributed by atoms with Gasteiger partial charge in [0.15, 0.2) is 0 Å². The molecule has 0 aromatic heterocycles. The van der Waals surface area contributed by atoms with Gasteiger partial charge in [0.05, 0.1) is 34.4 Å². The van der Waals surface area contributed by atoms with Crippen molar-refractivity contribution in [3.63, 3.8) is 0 Å². The Morgan fingerprint density at radius 1 is 0.920 bits per heavy atom. The van der Waals surface area contributed by atoms with Crippen LogP contribution in [0.5, 0.6) is 5.75 Å². The third kappa shape index (κ3) is 11.2. The van der Waals surface area contributed by atoms with Gasteiger partial charge in [0.2, 0.25) is 5.91 Å². The van der Waals surface area contributed by atoms with E-state index in [0.717, 1.165) is 87.4 Å². The van der Waals surface area contributed by atoms with Gasteiger partial charge in [-0.1, -0.05) is 89.2 Å². The number of esters is 1. The van der Waals surface area contributed by atoms with E-state index >= 15 is 0 Å². The number of unbranched alkanes of at least 4 members (excludes halogenated alkanes) is 3. The van der Waals surface area contributed by atoms with Gasteiger partial charge in [0.25, 0.3) is 6.23 Å². The van der Waals surface area contributed by atoms with Crippen molar-refractivity contribution in [1.82, 2.24) is 4.90 Å². The lowest BCUT2D eigenvalue weighted by molar-refractivity contribution is -0.166. The maximum atomic E-state index is 13.2. The van der Waals surface area contributed by atoms with Crippen LogP contribution in [0, 0.1) is 10.8 Å². The summed E-state index contributed by atoms with van der Waals surface area (Å²) in [7, 11) is 0. The molecule has 50 heavy (non-hydrogen) atoms. The molecule has 1 fully saturated rings. The van der Waals surface area contributed by atoms with Crippen LogP contribution in [0.2, 0.25) is 10.0 Å². The number of aliphatic carboxylic acids is 1. The number of hydrogen-bond acceptors (Lipinski definition) is 7. The fraction of sp³-hybridized carbons (Fsp3) is 0.615. The molecule has 2 aliphatic rings. The van der Waals surface area contributed by atoms with Crippen LogP contribution in [0.4, 0.5) is 11.4 Å². The molecular weight excluding hydrogens is 677 g/mol. The monoisotopic (exact) mass is 731 g/mol. The Labute approximate surface area is 308 Å². The molecule has 0 saturated carbocycles. The first-order chi connectivity index (χ1) is 23.7. The minimum atomic E-state index is -1.76. The van der Waals surface area contributed by atoms with Crippen molar-refractivity contribution in [1.29, 1.82) is 0 Å². The van der Waals surface area contributed by atoms with Crippen LogP contribution in [0.25, 0.3) is 0 Å². The van der Waals surface area contributed by atoms with Crippen molar-refractivity contribution in [2.45, 2.75) is 105 Å². The smallest absolute Gasteiger partial charge is 0.367 e. The number of carbonyl (C=O) groups excluding carboxylic acids is 2. The predicted octanol–water partition coefficient (Wildman–Crippen LogP) is 8.62. The lowest BCUT2D eigenvalue weighted by Crippen LogP contribution is -2.50. The number of piperazine rings is 1. The summed E-state index contributed by atoms with van der Waals surface area (Å²) in [5.41, 5.74) is 1.83. The summed E-state index contributed by atoms with van der Waals surface area (Å²) in [6.07, 6.45) is 5.99. The number of amides is 1. The molecule has 0 radical (unpaired) electrons. The number of carboxylic acid groups (broad SMARTS) is 1. The zero-order chi connectivity index (χ0) is 36.5. The zero-order valence-electron chi connectivity index (χ0n) is 30.4. The molecule has 0 spiro atoms. The van der Waals surface area contributed by atoms with Crippen LogP contribution >= 0.6 is 23.2 Å². The maximum absolute atomic E-state index is 13.2. The highest BCUT2D eigenvalue weighted by molar-refractivity contribution is 6.43. The van der Waals surface area contributed by atoms with E-state index in [9.17, 15) is 19.5 Å². The van der Waals surface area contributed by atoms with Crippen LogP contribution < -0.4 is 14.5 Å². The van der Waals surface area contributed by atoms with Crippen molar-refractivity contribution in [2.24, 2.45) is 10.8 Å². The lowest BCUT2D eigenvalue weighted by atomic mass is 9.71. The fourth-order valence-corrected chi connectivity index (χ4v) is 7.88.